The largest absolute Gasteiger partial charge is 0.472 e. The smallest absolute Gasteiger partial charge is 0.136 e. The van der Waals surface area contributed by atoms with Gasteiger partial charge in [-0.05, 0) is 38.4 Å². The Morgan fingerprint density at radius 3 is 2.90 bits per heavy atom. The van der Waals surface area contributed by atoms with Crippen molar-refractivity contribution < 1.29 is 4.42 Å². The molecule has 5 heteroatoms. The second-order valence-electron chi connectivity index (χ2n) is 5.56. The second-order valence-corrected chi connectivity index (χ2v) is 5.56. The van der Waals surface area contributed by atoms with E-state index in [0.717, 1.165) is 32.6 Å². The first-order valence-corrected chi connectivity index (χ1v) is 7.48. The topological polar surface area (TPSA) is 47.1 Å². The van der Waals surface area contributed by atoms with Crippen LogP contribution in [0, 0.1) is 0 Å². The molecule has 0 atom stereocenters. The molecule has 1 aliphatic rings. The number of aryl methyl sites for hydroxylation is 1. The molecule has 1 saturated heterocycles. The Kier molecular flexibility index (Phi) is 4.16. The van der Waals surface area contributed by atoms with Crippen LogP contribution in [0.2, 0.25) is 0 Å². The first kappa shape index (κ1) is 13.4. The lowest BCUT2D eigenvalue weighted by Gasteiger charge is -2.31. The first-order chi connectivity index (χ1) is 9.86. The van der Waals surface area contributed by atoms with Gasteiger partial charge in [0.1, 0.15) is 12.2 Å². The van der Waals surface area contributed by atoms with Crippen molar-refractivity contribution in [1.82, 2.24) is 19.7 Å². The van der Waals surface area contributed by atoms with Crippen LogP contribution in [0.1, 0.15) is 43.5 Å². The van der Waals surface area contributed by atoms with E-state index in [4.69, 9.17) is 4.42 Å². The molecule has 3 rings (SSSR count). The summed E-state index contributed by atoms with van der Waals surface area (Å²) in [6, 6.07) is 2.05. The minimum atomic E-state index is 0.560. The van der Waals surface area contributed by atoms with E-state index in [1.807, 2.05) is 18.7 Å². The van der Waals surface area contributed by atoms with Gasteiger partial charge in [-0.15, -0.1) is 10.2 Å². The minimum absolute atomic E-state index is 0.560. The molecule has 2 aromatic heterocycles. The first-order valence-electron chi connectivity index (χ1n) is 7.48. The number of aromatic nitrogens is 3. The lowest BCUT2D eigenvalue weighted by molar-refractivity contribution is 0.199. The number of hydrogen-bond donors (Lipinski definition) is 0. The van der Waals surface area contributed by atoms with Crippen LogP contribution in [-0.4, -0.2) is 32.8 Å². The third kappa shape index (κ3) is 2.93. The van der Waals surface area contributed by atoms with Crippen LogP contribution in [0.4, 0.5) is 0 Å². The molecule has 0 bridgehead atoms. The number of rotatable bonds is 5. The van der Waals surface area contributed by atoms with Crippen molar-refractivity contribution in [3.8, 4) is 0 Å². The van der Waals surface area contributed by atoms with E-state index >= 15 is 0 Å². The summed E-state index contributed by atoms with van der Waals surface area (Å²) in [5, 5.41) is 8.42. The zero-order valence-corrected chi connectivity index (χ0v) is 12.0. The molecule has 0 saturated carbocycles. The number of likely N-dealkylation sites (tertiary alicyclic amines) is 1. The van der Waals surface area contributed by atoms with Crippen LogP contribution in [-0.2, 0) is 13.1 Å². The van der Waals surface area contributed by atoms with E-state index in [2.05, 4.69) is 26.6 Å². The third-order valence-corrected chi connectivity index (χ3v) is 4.05. The van der Waals surface area contributed by atoms with E-state index < -0.39 is 0 Å². The molecule has 108 valence electrons. The van der Waals surface area contributed by atoms with Crippen LogP contribution in [0.3, 0.4) is 0 Å². The summed E-state index contributed by atoms with van der Waals surface area (Å²) in [6.45, 7) is 6.45. The van der Waals surface area contributed by atoms with Gasteiger partial charge in [0, 0.05) is 24.6 Å². The van der Waals surface area contributed by atoms with Gasteiger partial charge >= 0.3 is 0 Å². The van der Waals surface area contributed by atoms with Gasteiger partial charge in [0.2, 0.25) is 0 Å². The average molecular weight is 274 g/mol. The van der Waals surface area contributed by atoms with Crippen molar-refractivity contribution in [3.63, 3.8) is 0 Å². The molecule has 2 aromatic rings. The van der Waals surface area contributed by atoms with Crippen LogP contribution in [0.25, 0.3) is 0 Å². The van der Waals surface area contributed by atoms with Gasteiger partial charge in [0.25, 0.3) is 0 Å². The molecule has 0 unspecified atom stereocenters. The summed E-state index contributed by atoms with van der Waals surface area (Å²) >= 11 is 0. The maximum absolute atomic E-state index is 5.13. The highest BCUT2D eigenvalue weighted by atomic mass is 16.3. The lowest BCUT2D eigenvalue weighted by atomic mass is 9.95. The molecular weight excluding hydrogens is 252 g/mol. The van der Waals surface area contributed by atoms with E-state index in [-0.39, 0.29) is 0 Å². The van der Waals surface area contributed by atoms with Gasteiger partial charge in [-0.25, -0.2) is 0 Å². The Hall–Kier alpha value is -1.62. The van der Waals surface area contributed by atoms with Crippen LogP contribution >= 0.6 is 0 Å². The molecule has 0 amide bonds. The zero-order valence-electron chi connectivity index (χ0n) is 12.0. The highest BCUT2D eigenvalue weighted by molar-refractivity contribution is 5.06. The van der Waals surface area contributed by atoms with Crippen molar-refractivity contribution in [1.29, 1.82) is 0 Å². The third-order valence-electron chi connectivity index (χ3n) is 4.05. The SMILES string of the molecule is CCCn1cnnc1C1CCN(Cc2ccoc2)CC1. The summed E-state index contributed by atoms with van der Waals surface area (Å²) in [4.78, 5) is 2.49. The van der Waals surface area contributed by atoms with Crippen LogP contribution < -0.4 is 0 Å². The van der Waals surface area contributed by atoms with Crippen molar-refractivity contribution in [2.24, 2.45) is 0 Å². The highest BCUT2D eigenvalue weighted by Crippen LogP contribution is 2.27. The van der Waals surface area contributed by atoms with E-state index in [9.17, 15) is 0 Å². The number of nitrogens with zero attached hydrogens (tertiary/aromatic N) is 4. The van der Waals surface area contributed by atoms with E-state index in [1.165, 1.54) is 24.2 Å². The van der Waals surface area contributed by atoms with E-state index in [1.54, 1.807) is 6.26 Å². The normalized spacial score (nSPS) is 17.6. The molecular formula is C15H22N4O. The summed E-state index contributed by atoms with van der Waals surface area (Å²) in [5.41, 5.74) is 1.26. The van der Waals surface area contributed by atoms with E-state index in [0.29, 0.717) is 5.92 Å². The zero-order chi connectivity index (χ0) is 13.8. The van der Waals surface area contributed by atoms with Gasteiger partial charge in [-0.2, -0.15) is 0 Å². The standard InChI is InChI=1S/C15H22N4O/c1-2-6-19-12-16-17-15(19)14-3-7-18(8-4-14)10-13-5-9-20-11-13/h5,9,11-12,14H,2-4,6-8,10H2,1H3. The molecule has 0 spiro atoms. The number of furan rings is 1. The molecule has 20 heavy (non-hydrogen) atoms. The molecule has 0 aromatic carbocycles. The summed E-state index contributed by atoms with van der Waals surface area (Å²) in [7, 11) is 0. The van der Waals surface area contributed by atoms with Crippen molar-refractivity contribution in [3.05, 3.63) is 36.3 Å². The Morgan fingerprint density at radius 1 is 1.35 bits per heavy atom. The quantitative estimate of drug-likeness (QED) is 0.841. The maximum atomic E-state index is 5.13. The molecule has 0 aliphatic carbocycles. The Bertz CT molecular complexity index is 512. The van der Waals surface area contributed by atoms with Crippen molar-refractivity contribution in [2.45, 2.75) is 45.2 Å². The predicted octanol–water partition coefficient (Wildman–Crippen LogP) is 2.66. The number of piperidine rings is 1. The predicted molar refractivity (Wildman–Crippen MR) is 76.3 cm³/mol. The van der Waals surface area contributed by atoms with Crippen LogP contribution in [0.15, 0.2) is 29.3 Å². The van der Waals surface area contributed by atoms with Crippen molar-refractivity contribution >= 4 is 0 Å². The fraction of sp³-hybridized carbons (Fsp3) is 0.600. The second kappa shape index (κ2) is 6.22. The Balaban J connectivity index is 1.56. The van der Waals surface area contributed by atoms with Crippen LogP contribution in [0.5, 0.6) is 0 Å². The average Bonchev–Trinajstić information content (AvgIpc) is 3.12. The lowest BCUT2D eigenvalue weighted by Crippen LogP contribution is -2.33. The molecule has 0 N–H and O–H groups in total. The van der Waals surface area contributed by atoms with Gasteiger partial charge in [0.05, 0.1) is 12.5 Å². The van der Waals surface area contributed by atoms with Crippen molar-refractivity contribution in [2.75, 3.05) is 13.1 Å². The maximum Gasteiger partial charge on any atom is 0.136 e. The monoisotopic (exact) mass is 274 g/mol. The highest BCUT2D eigenvalue weighted by Gasteiger charge is 2.24. The number of hydrogen-bond acceptors (Lipinski definition) is 4. The Labute approximate surface area is 119 Å². The van der Waals surface area contributed by atoms with Gasteiger partial charge in [-0.3, -0.25) is 4.90 Å². The Morgan fingerprint density at radius 2 is 2.20 bits per heavy atom. The summed E-state index contributed by atoms with van der Waals surface area (Å²) in [5.74, 6) is 1.74. The summed E-state index contributed by atoms with van der Waals surface area (Å²) < 4.78 is 7.35. The van der Waals surface area contributed by atoms with Gasteiger partial charge in [0.15, 0.2) is 0 Å². The molecule has 1 fully saturated rings. The molecule has 0 radical (unpaired) electrons. The fourth-order valence-electron chi connectivity index (χ4n) is 2.98. The minimum Gasteiger partial charge on any atom is -0.472 e. The molecule has 5 nitrogen and oxygen atoms in total. The molecule has 1 aliphatic heterocycles. The summed E-state index contributed by atoms with van der Waals surface area (Å²) in [6.07, 6.45) is 8.92. The fourth-order valence-corrected chi connectivity index (χ4v) is 2.98. The molecule has 3 heterocycles. The van der Waals surface area contributed by atoms with Gasteiger partial charge < -0.3 is 8.98 Å². The van der Waals surface area contributed by atoms with Gasteiger partial charge in [-0.1, -0.05) is 6.92 Å².